The average Bonchev–Trinajstić information content (AvgIpc) is 2.40. The second kappa shape index (κ2) is 5.87. The largest absolute Gasteiger partial charge is 0.243 e. The molecule has 0 spiro atoms. The van der Waals surface area contributed by atoms with Crippen LogP contribution in [0.25, 0.3) is 0 Å². The first-order valence-corrected chi connectivity index (χ1v) is 7.63. The van der Waals surface area contributed by atoms with Crippen LogP contribution in [0.4, 0.5) is 0 Å². The molecule has 1 unspecified atom stereocenters. The lowest BCUT2D eigenvalue weighted by molar-refractivity contribution is 0.676. The highest BCUT2D eigenvalue weighted by Crippen LogP contribution is 2.21. The van der Waals surface area contributed by atoms with Gasteiger partial charge in [0.1, 0.15) is 0 Å². The molecule has 0 N–H and O–H groups in total. The van der Waals surface area contributed by atoms with E-state index in [2.05, 4.69) is 4.36 Å². The number of nitriles is 1. The molecule has 0 saturated carbocycles. The lowest BCUT2D eigenvalue weighted by atomic mass is 10.2. The predicted molar refractivity (Wildman–Crippen MR) is 76.0 cm³/mol. The van der Waals surface area contributed by atoms with Crippen LogP contribution >= 0.6 is 11.6 Å². The van der Waals surface area contributed by atoms with Crippen LogP contribution in [0.1, 0.15) is 5.56 Å². The Kier molecular flexibility index (Phi) is 4.20. The lowest BCUT2D eigenvalue weighted by Crippen LogP contribution is -2.04. The molecule has 0 aliphatic heterocycles. The molecule has 0 saturated heterocycles. The van der Waals surface area contributed by atoms with E-state index in [1.807, 2.05) is 30.3 Å². The summed E-state index contributed by atoms with van der Waals surface area (Å²) in [5.74, 6) is 0.211. The van der Waals surface area contributed by atoms with Gasteiger partial charge in [-0.1, -0.05) is 41.9 Å². The quantitative estimate of drug-likeness (QED) is 0.806. The topological polar surface area (TPSA) is 53.2 Å². The van der Waals surface area contributed by atoms with E-state index in [-0.39, 0.29) is 5.75 Å². The molecule has 2 aromatic rings. The lowest BCUT2D eigenvalue weighted by Gasteiger charge is -2.08. The predicted octanol–water partition coefficient (Wildman–Crippen LogP) is 3.85. The normalized spacial score (nSPS) is 13.3. The Labute approximate surface area is 117 Å². The van der Waals surface area contributed by atoms with Crippen LogP contribution in [0.5, 0.6) is 0 Å². The molecule has 0 bridgehead atoms. The molecule has 0 aromatic heterocycles. The van der Waals surface area contributed by atoms with Crippen LogP contribution < -0.4 is 0 Å². The number of halogens is 1. The van der Waals surface area contributed by atoms with Gasteiger partial charge in [0.25, 0.3) is 0 Å². The summed E-state index contributed by atoms with van der Waals surface area (Å²) in [6, 6.07) is 15.9. The molecule has 0 aliphatic carbocycles. The number of hydrogen-bond acceptors (Lipinski definition) is 3. The van der Waals surface area contributed by atoms with Gasteiger partial charge in [0.05, 0.1) is 15.5 Å². The number of nitrogens with zero attached hydrogens (tertiary/aromatic N) is 2. The van der Waals surface area contributed by atoms with Crippen LogP contribution in [-0.4, -0.2) is 4.21 Å². The highest BCUT2D eigenvalue weighted by atomic mass is 35.5. The van der Waals surface area contributed by atoms with Crippen LogP contribution in [0.2, 0.25) is 5.02 Å². The van der Waals surface area contributed by atoms with Gasteiger partial charge in [-0.15, -0.1) is 4.36 Å². The zero-order chi connectivity index (χ0) is 13.7. The Morgan fingerprint density at radius 1 is 1.11 bits per heavy atom. The third kappa shape index (κ3) is 3.34. The molecule has 0 fully saturated rings. The molecule has 1 atom stereocenters. The third-order valence-corrected chi connectivity index (χ3v) is 4.94. The van der Waals surface area contributed by atoms with E-state index in [1.165, 1.54) is 0 Å². The van der Waals surface area contributed by atoms with Crippen molar-refractivity contribution in [2.24, 2.45) is 4.36 Å². The Balaban J connectivity index is 2.45. The van der Waals surface area contributed by atoms with Gasteiger partial charge in [0, 0.05) is 9.92 Å². The molecule has 0 radical (unpaired) electrons. The minimum atomic E-state index is -2.78. The molecular formula is C14H11ClN2OS. The summed E-state index contributed by atoms with van der Waals surface area (Å²) in [5, 5.41) is 9.33. The van der Waals surface area contributed by atoms with Crippen molar-refractivity contribution < 1.29 is 4.21 Å². The minimum absolute atomic E-state index is 0.211. The maximum Gasteiger partial charge on any atom is 0.214 e. The Morgan fingerprint density at radius 2 is 1.74 bits per heavy atom. The van der Waals surface area contributed by atoms with Crippen molar-refractivity contribution in [1.29, 1.82) is 5.26 Å². The molecule has 2 aromatic carbocycles. The number of hydrogen-bond donors (Lipinski definition) is 0. The Hall–Kier alpha value is -1.83. The highest BCUT2D eigenvalue weighted by molar-refractivity contribution is 7.93. The van der Waals surface area contributed by atoms with E-state index < -0.39 is 9.73 Å². The minimum Gasteiger partial charge on any atom is -0.243 e. The van der Waals surface area contributed by atoms with Crippen molar-refractivity contribution in [2.75, 3.05) is 0 Å². The molecule has 2 rings (SSSR count). The zero-order valence-corrected chi connectivity index (χ0v) is 11.6. The molecular weight excluding hydrogens is 280 g/mol. The summed E-state index contributed by atoms with van der Waals surface area (Å²) in [7, 11) is -2.78. The summed E-state index contributed by atoms with van der Waals surface area (Å²) in [6.45, 7) is 0. The summed E-state index contributed by atoms with van der Waals surface area (Å²) in [5.41, 5.74) is 0.876. The van der Waals surface area contributed by atoms with Crippen LogP contribution in [0, 0.1) is 11.5 Å². The summed E-state index contributed by atoms with van der Waals surface area (Å²) in [4.78, 5) is 0.516. The third-order valence-electron chi connectivity index (χ3n) is 2.58. The summed E-state index contributed by atoms with van der Waals surface area (Å²) >= 11 is 5.81. The van der Waals surface area contributed by atoms with Gasteiger partial charge in [-0.3, -0.25) is 0 Å². The van der Waals surface area contributed by atoms with Crippen molar-refractivity contribution in [3.8, 4) is 6.19 Å². The second-order valence-electron chi connectivity index (χ2n) is 3.92. The van der Waals surface area contributed by atoms with Crippen LogP contribution in [0.15, 0.2) is 63.9 Å². The molecule has 3 nitrogen and oxygen atoms in total. The summed E-state index contributed by atoms with van der Waals surface area (Å²) < 4.78 is 16.5. The van der Waals surface area contributed by atoms with Crippen LogP contribution in [-0.2, 0) is 15.5 Å². The van der Waals surface area contributed by atoms with Crippen molar-refractivity contribution in [3.63, 3.8) is 0 Å². The highest BCUT2D eigenvalue weighted by Gasteiger charge is 2.13. The van der Waals surface area contributed by atoms with E-state index in [9.17, 15) is 4.21 Å². The number of rotatable bonds is 3. The molecule has 19 heavy (non-hydrogen) atoms. The molecule has 5 heteroatoms. The van der Waals surface area contributed by atoms with Gasteiger partial charge in [-0.25, -0.2) is 4.21 Å². The van der Waals surface area contributed by atoms with Crippen molar-refractivity contribution in [3.05, 3.63) is 65.2 Å². The van der Waals surface area contributed by atoms with Crippen LogP contribution in [0.3, 0.4) is 0 Å². The average molecular weight is 291 g/mol. The van der Waals surface area contributed by atoms with Gasteiger partial charge in [-0.05, 0) is 29.8 Å². The maximum absolute atomic E-state index is 12.8. The van der Waals surface area contributed by atoms with Crippen molar-refractivity contribution in [1.82, 2.24) is 0 Å². The zero-order valence-electron chi connectivity index (χ0n) is 9.99. The van der Waals surface area contributed by atoms with E-state index in [4.69, 9.17) is 16.9 Å². The Bertz CT molecular complexity index is 711. The van der Waals surface area contributed by atoms with Gasteiger partial charge in [0.15, 0.2) is 0 Å². The molecule has 96 valence electrons. The molecule has 0 aliphatic rings. The van der Waals surface area contributed by atoms with Crippen molar-refractivity contribution in [2.45, 2.75) is 10.6 Å². The first-order valence-electron chi connectivity index (χ1n) is 5.56. The van der Waals surface area contributed by atoms with E-state index >= 15 is 0 Å². The van der Waals surface area contributed by atoms with Gasteiger partial charge in [-0.2, -0.15) is 5.26 Å². The fourth-order valence-electron chi connectivity index (χ4n) is 1.68. The number of benzene rings is 2. The Morgan fingerprint density at radius 3 is 2.32 bits per heavy atom. The molecule has 0 heterocycles. The van der Waals surface area contributed by atoms with E-state index in [0.29, 0.717) is 9.92 Å². The summed E-state index contributed by atoms with van der Waals surface area (Å²) in [6.07, 6.45) is 1.66. The standard InChI is InChI=1S/C14H11ClN2OS/c15-13-6-8-14(9-7-13)19(18,17-11-16)10-12-4-2-1-3-5-12/h1-9H,10H2. The van der Waals surface area contributed by atoms with Crippen molar-refractivity contribution >= 4 is 21.3 Å². The fourth-order valence-corrected chi connectivity index (χ4v) is 3.48. The maximum atomic E-state index is 12.8. The monoisotopic (exact) mass is 290 g/mol. The molecule has 0 amide bonds. The second-order valence-corrected chi connectivity index (χ2v) is 6.58. The van der Waals surface area contributed by atoms with E-state index in [0.717, 1.165) is 5.56 Å². The fraction of sp³-hybridized carbons (Fsp3) is 0.0714. The van der Waals surface area contributed by atoms with Gasteiger partial charge >= 0.3 is 0 Å². The first kappa shape index (κ1) is 13.6. The smallest absolute Gasteiger partial charge is 0.214 e. The van der Waals surface area contributed by atoms with Gasteiger partial charge < -0.3 is 0 Å². The van der Waals surface area contributed by atoms with E-state index in [1.54, 1.807) is 30.5 Å². The first-order chi connectivity index (χ1) is 9.14. The SMILES string of the molecule is N#CN=S(=O)(Cc1ccccc1)c1ccc(Cl)cc1. The van der Waals surface area contributed by atoms with Gasteiger partial charge in [0.2, 0.25) is 6.19 Å².